The fraction of sp³-hybridized carbons (Fsp3) is 0.714. The predicted octanol–water partition coefficient (Wildman–Crippen LogP) is 3.17. The molecular weight excluding hydrogens is 198 g/mol. The van der Waals surface area contributed by atoms with Crippen molar-refractivity contribution in [1.82, 2.24) is 5.32 Å². The summed E-state index contributed by atoms with van der Waals surface area (Å²) in [6.07, 6.45) is 5.81. The zero-order chi connectivity index (χ0) is 11.1. The Morgan fingerprint density at radius 1 is 1.31 bits per heavy atom. The number of hydrogen-bond donors (Lipinski definition) is 1. The van der Waals surface area contributed by atoms with Crippen LogP contribution in [0.4, 0.5) is 0 Å². The van der Waals surface area contributed by atoms with Gasteiger partial charge in [0.15, 0.2) is 0 Å². The molecule has 1 heterocycles. The smallest absolute Gasteiger partial charge is 0.105 e. The van der Waals surface area contributed by atoms with E-state index in [2.05, 4.69) is 18.3 Å². The summed E-state index contributed by atoms with van der Waals surface area (Å²) in [6, 6.07) is 2.93. The summed E-state index contributed by atoms with van der Waals surface area (Å²) in [7, 11) is 0. The van der Waals surface area contributed by atoms with Crippen LogP contribution in [0.3, 0.4) is 0 Å². The molecule has 0 radical (unpaired) electrons. The Balaban J connectivity index is 1.59. The summed E-state index contributed by atoms with van der Waals surface area (Å²) in [5.41, 5.74) is 1.33. The Labute approximate surface area is 97.4 Å². The third kappa shape index (κ3) is 1.80. The van der Waals surface area contributed by atoms with Crippen molar-refractivity contribution in [1.29, 1.82) is 0 Å². The Kier molecular flexibility index (Phi) is 2.55. The van der Waals surface area contributed by atoms with E-state index in [1.807, 2.05) is 6.92 Å². The van der Waals surface area contributed by atoms with Gasteiger partial charge in [-0.3, -0.25) is 0 Å². The van der Waals surface area contributed by atoms with Crippen molar-refractivity contribution in [3.8, 4) is 0 Å². The predicted molar refractivity (Wildman–Crippen MR) is 64.3 cm³/mol. The van der Waals surface area contributed by atoms with Crippen molar-refractivity contribution in [2.75, 3.05) is 0 Å². The molecule has 2 aliphatic rings. The summed E-state index contributed by atoms with van der Waals surface area (Å²) >= 11 is 0. The summed E-state index contributed by atoms with van der Waals surface area (Å²) in [5.74, 6) is 4.09. The summed E-state index contributed by atoms with van der Waals surface area (Å²) < 4.78 is 5.55. The van der Waals surface area contributed by atoms with Crippen LogP contribution in [0.1, 0.15) is 42.8 Å². The molecule has 2 fully saturated rings. The van der Waals surface area contributed by atoms with E-state index in [0.29, 0.717) is 0 Å². The van der Waals surface area contributed by atoms with E-state index in [9.17, 15) is 0 Å². The Hall–Kier alpha value is -0.760. The molecule has 0 aromatic carbocycles. The molecule has 88 valence electrons. The third-order valence-corrected chi connectivity index (χ3v) is 4.44. The lowest BCUT2D eigenvalue weighted by Gasteiger charge is -2.22. The Morgan fingerprint density at radius 2 is 2.19 bits per heavy atom. The lowest BCUT2D eigenvalue weighted by molar-refractivity contribution is 0.349. The van der Waals surface area contributed by atoms with Crippen LogP contribution in [0.15, 0.2) is 10.5 Å². The van der Waals surface area contributed by atoms with Gasteiger partial charge < -0.3 is 9.73 Å². The molecule has 2 bridgehead atoms. The van der Waals surface area contributed by atoms with Crippen molar-refractivity contribution in [3.63, 3.8) is 0 Å². The second-order valence-corrected chi connectivity index (χ2v) is 5.60. The molecule has 0 aliphatic heterocycles. The van der Waals surface area contributed by atoms with Crippen LogP contribution in [0.5, 0.6) is 0 Å². The van der Waals surface area contributed by atoms with Crippen LogP contribution >= 0.6 is 0 Å². The van der Waals surface area contributed by atoms with Gasteiger partial charge in [0.1, 0.15) is 11.5 Å². The van der Waals surface area contributed by atoms with Gasteiger partial charge in [0.2, 0.25) is 0 Å². The van der Waals surface area contributed by atoms with E-state index in [1.54, 1.807) is 0 Å². The maximum Gasteiger partial charge on any atom is 0.105 e. The minimum absolute atomic E-state index is 0.772. The standard InChI is InChI=1S/C14H21NO/c1-9-5-13(10(2)16-9)8-15-14-7-11-3-4-12(14)6-11/h5,11-12,14-15H,3-4,6-8H2,1-2H3. The quantitative estimate of drug-likeness (QED) is 0.844. The lowest BCUT2D eigenvalue weighted by atomic mass is 9.95. The van der Waals surface area contributed by atoms with E-state index in [4.69, 9.17) is 4.42 Å². The zero-order valence-corrected chi connectivity index (χ0v) is 10.3. The van der Waals surface area contributed by atoms with Gasteiger partial charge in [-0.05, 0) is 51.0 Å². The normalized spacial score (nSPS) is 32.5. The van der Waals surface area contributed by atoms with Crippen LogP contribution in [-0.4, -0.2) is 6.04 Å². The molecule has 2 nitrogen and oxygen atoms in total. The summed E-state index contributed by atoms with van der Waals surface area (Å²) in [5, 5.41) is 3.72. The third-order valence-electron chi connectivity index (χ3n) is 4.44. The second-order valence-electron chi connectivity index (χ2n) is 5.60. The first-order chi connectivity index (χ1) is 7.72. The molecule has 0 amide bonds. The van der Waals surface area contributed by atoms with E-state index >= 15 is 0 Å². The molecule has 1 aromatic heterocycles. The van der Waals surface area contributed by atoms with Gasteiger partial charge in [0.05, 0.1) is 0 Å². The van der Waals surface area contributed by atoms with Crippen molar-refractivity contribution >= 4 is 0 Å². The molecule has 3 unspecified atom stereocenters. The van der Waals surface area contributed by atoms with Crippen molar-refractivity contribution in [2.45, 2.75) is 52.1 Å². The van der Waals surface area contributed by atoms with Crippen molar-refractivity contribution < 1.29 is 4.42 Å². The highest BCUT2D eigenvalue weighted by Gasteiger charge is 2.39. The first kappa shape index (κ1) is 10.4. The highest BCUT2D eigenvalue weighted by atomic mass is 16.3. The van der Waals surface area contributed by atoms with Crippen LogP contribution in [0, 0.1) is 25.7 Å². The minimum Gasteiger partial charge on any atom is -0.466 e. The van der Waals surface area contributed by atoms with Gasteiger partial charge in [-0.2, -0.15) is 0 Å². The fourth-order valence-electron chi connectivity index (χ4n) is 3.59. The fourth-order valence-corrected chi connectivity index (χ4v) is 3.59. The van der Waals surface area contributed by atoms with Crippen LogP contribution in [-0.2, 0) is 6.54 Å². The molecule has 2 heteroatoms. The van der Waals surface area contributed by atoms with E-state index in [1.165, 1.54) is 31.2 Å². The molecule has 0 saturated heterocycles. The number of fused-ring (bicyclic) bond motifs is 2. The molecule has 1 N–H and O–H groups in total. The van der Waals surface area contributed by atoms with Crippen molar-refractivity contribution in [2.24, 2.45) is 11.8 Å². The first-order valence-corrected chi connectivity index (χ1v) is 6.51. The van der Waals surface area contributed by atoms with Gasteiger partial charge in [-0.1, -0.05) is 6.42 Å². The van der Waals surface area contributed by atoms with Crippen LogP contribution < -0.4 is 5.32 Å². The Bertz CT molecular complexity index is 382. The molecule has 16 heavy (non-hydrogen) atoms. The number of furan rings is 1. The van der Waals surface area contributed by atoms with E-state index < -0.39 is 0 Å². The van der Waals surface area contributed by atoms with E-state index in [0.717, 1.165) is 35.9 Å². The zero-order valence-electron chi connectivity index (χ0n) is 10.3. The van der Waals surface area contributed by atoms with Gasteiger partial charge in [-0.15, -0.1) is 0 Å². The van der Waals surface area contributed by atoms with Crippen molar-refractivity contribution in [3.05, 3.63) is 23.2 Å². The molecule has 2 aliphatic carbocycles. The summed E-state index contributed by atoms with van der Waals surface area (Å²) in [4.78, 5) is 0. The van der Waals surface area contributed by atoms with E-state index in [-0.39, 0.29) is 0 Å². The largest absolute Gasteiger partial charge is 0.466 e. The number of aryl methyl sites for hydroxylation is 2. The minimum atomic E-state index is 0.772. The molecular formula is C14H21NO. The maximum absolute atomic E-state index is 5.55. The van der Waals surface area contributed by atoms with Gasteiger partial charge >= 0.3 is 0 Å². The number of rotatable bonds is 3. The lowest BCUT2D eigenvalue weighted by Crippen LogP contribution is -2.33. The van der Waals surface area contributed by atoms with Crippen LogP contribution in [0.2, 0.25) is 0 Å². The highest BCUT2D eigenvalue weighted by Crippen LogP contribution is 2.44. The Morgan fingerprint density at radius 3 is 2.75 bits per heavy atom. The highest BCUT2D eigenvalue weighted by molar-refractivity contribution is 5.20. The SMILES string of the molecule is Cc1cc(CNC2CC3CCC2C3)c(C)o1. The average molecular weight is 219 g/mol. The topological polar surface area (TPSA) is 25.2 Å². The second kappa shape index (κ2) is 3.92. The summed E-state index contributed by atoms with van der Waals surface area (Å²) in [6.45, 7) is 5.07. The molecule has 1 aromatic rings. The molecule has 2 saturated carbocycles. The molecule has 3 rings (SSSR count). The molecule has 3 atom stereocenters. The number of nitrogens with one attached hydrogen (secondary N) is 1. The average Bonchev–Trinajstić information content (AvgIpc) is 2.91. The van der Waals surface area contributed by atoms with Gasteiger partial charge in [-0.25, -0.2) is 0 Å². The first-order valence-electron chi connectivity index (χ1n) is 6.51. The van der Waals surface area contributed by atoms with Gasteiger partial charge in [0.25, 0.3) is 0 Å². The maximum atomic E-state index is 5.55. The number of hydrogen-bond acceptors (Lipinski definition) is 2. The van der Waals surface area contributed by atoms with Gasteiger partial charge in [0, 0.05) is 18.2 Å². The van der Waals surface area contributed by atoms with Crippen LogP contribution in [0.25, 0.3) is 0 Å². The molecule has 0 spiro atoms. The monoisotopic (exact) mass is 219 g/mol.